The molecule has 2 aromatic carbocycles. The molecule has 0 aliphatic heterocycles. The summed E-state index contributed by atoms with van der Waals surface area (Å²) in [5, 5.41) is 0.352. The summed E-state index contributed by atoms with van der Waals surface area (Å²) in [5.74, 6) is -1.98. The SMILES string of the molecule is CN(c1ccccc1F)c1c(F)cc(CBr)cc1F. The molecule has 0 spiro atoms. The Balaban J connectivity index is 2.50. The van der Waals surface area contributed by atoms with Crippen molar-refractivity contribution in [1.82, 2.24) is 0 Å². The van der Waals surface area contributed by atoms with Gasteiger partial charge in [0.15, 0.2) is 0 Å². The Bertz CT molecular complexity index is 578. The Labute approximate surface area is 117 Å². The third-order valence-corrected chi connectivity index (χ3v) is 3.43. The predicted octanol–water partition coefficient (Wildman–Crippen LogP) is 4.77. The molecule has 0 atom stereocenters. The molecule has 0 unspecified atom stereocenters. The molecule has 19 heavy (non-hydrogen) atoms. The topological polar surface area (TPSA) is 3.24 Å². The van der Waals surface area contributed by atoms with Crippen LogP contribution in [0.4, 0.5) is 24.5 Å². The fourth-order valence-electron chi connectivity index (χ4n) is 1.86. The van der Waals surface area contributed by atoms with Crippen LogP contribution >= 0.6 is 15.9 Å². The molecule has 5 heteroatoms. The molecule has 0 saturated carbocycles. The summed E-state index contributed by atoms with van der Waals surface area (Å²) in [6.45, 7) is 0. The van der Waals surface area contributed by atoms with E-state index in [2.05, 4.69) is 15.9 Å². The van der Waals surface area contributed by atoms with Gasteiger partial charge in [-0.3, -0.25) is 0 Å². The second kappa shape index (κ2) is 5.65. The van der Waals surface area contributed by atoms with Gasteiger partial charge < -0.3 is 4.90 Å². The van der Waals surface area contributed by atoms with Crippen molar-refractivity contribution in [1.29, 1.82) is 0 Å². The van der Waals surface area contributed by atoms with Crippen LogP contribution in [0.2, 0.25) is 0 Å². The average Bonchev–Trinajstić information content (AvgIpc) is 2.38. The van der Waals surface area contributed by atoms with Crippen LogP contribution in [0, 0.1) is 17.5 Å². The maximum atomic E-state index is 13.9. The zero-order valence-corrected chi connectivity index (χ0v) is 11.7. The number of alkyl halides is 1. The van der Waals surface area contributed by atoms with Crippen LogP contribution < -0.4 is 4.90 Å². The molecule has 0 aliphatic carbocycles. The Hall–Kier alpha value is -1.49. The maximum absolute atomic E-state index is 13.9. The van der Waals surface area contributed by atoms with Crippen LogP contribution in [0.3, 0.4) is 0 Å². The molecule has 0 N–H and O–H groups in total. The van der Waals surface area contributed by atoms with Gasteiger partial charge in [0.2, 0.25) is 0 Å². The smallest absolute Gasteiger partial charge is 0.150 e. The summed E-state index contributed by atoms with van der Waals surface area (Å²) in [6, 6.07) is 8.29. The van der Waals surface area contributed by atoms with Gasteiger partial charge in [-0.15, -0.1) is 0 Å². The minimum absolute atomic E-state index is 0.117. The van der Waals surface area contributed by atoms with E-state index in [0.717, 1.165) is 4.90 Å². The molecule has 0 bridgehead atoms. The van der Waals surface area contributed by atoms with E-state index in [1.807, 2.05) is 0 Å². The molecule has 0 aromatic heterocycles. The van der Waals surface area contributed by atoms with Gasteiger partial charge in [-0.2, -0.15) is 0 Å². The van der Waals surface area contributed by atoms with Crippen molar-refractivity contribution in [2.75, 3.05) is 11.9 Å². The number of rotatable bonds is 3. The van der Waals surface area contributed by atoms with Gasteiger partial charge in [0.05, 0.1) is 5.69 Å². The first-order valence-electron chi connectivity index (χ1n) is 5.56. The summed E-state index contributed by atoms with van der Waals surface area (Å²) >= 11 is 3.14. The molecular formula is C14H11BrF3N. The van der Waals surface area contributed by atoms with Crippen LogP contribution in [0.15, 0.2) is 36.4 Å². The van der Waals surface area contributed by atoms with E-state index < -0.39 is 17.5 Å². The third-order valence-electron chi connectivity index (χ3n) is 2.78. The van der Waals surface area contributed by atoms with Crippen LogP contribution in [0.5, 0.6) is 0 Å². The first kappa shape index (κ1) is 13.9. The van der Waals surface area contributed by atoms with E-state index in [1.165, 1.54) is 37.4 Å². The molecule has 0 amide bonds. The first-order valence-corrected chi connectivity index (χ1v) is 6.69. The second-order valence-electron chi connectivity index (χ2n) is 4.05. The zero-order chi connectivity index (χ0) is 14.0. The lowest BCUT2D eigenvalue weighted by molar-refractivity contribution is 0.579. The van der Waals surface area contributed by atoms with Gasteiger partial charge in [0, 0.05) is 12.4 Å². The van der Waals surface area contributed by atoms with Crippen molar-refractivity contribution in [2.45, 2.75) is 5.33 Å². The van der Waals surface area contributed by atoms with E-state index in [0.29, 0.717) is 10.9 Å². The van der Waals surface area contributed by atoms with Crippen molar-refractivity contribution in [3.63, 3.8) is 0 Å². The largest absolute Gasteiger partial charge is 0.337 e. The Morgan fingerprint density at radius 3 is 2.11 bits per heavy atom. The highest BCUT2D eigenvalue weighted by Gasteiger charge is 2.18. The normalized spacial score (nSPS) is 10.6. The molecule has 2 aromatic rings. The lowest BCUT2D eigenvalue weighted by Gasteiger charge is -2.21. The number of nitrogens with zero attached hydrogens (tertiary/aromatic N) is 1. The van der Waals surface area contributed by atoms with Crippen molar-refractivity contribution >= 4 is 27.3 Å². The first-order chi connectivity index (χ1) is 9.04. The number of para-hydroxylation sites is 1. The van der Waals surface area contributed by atoms with Crippen LogP contribution in [0.1, 0.15) is 5.56 Å². The summed E-state index contributed by atoms with van der Waals surface area (Å²) in [4.78, 5) is 1.16. The second-order valence-corrected chi connectivity index (χ2v) is 4.61. The van der Waals surface area contributed by atoms with E-state index in [9.17, 15) is 13.2 Å². The quantitative estimate of drug-likeness (QED) is 0.733. The molecule has 0 radical (unpaired) electrons. The van der Waals surface area contributed by atoms with Crippen LogP contribution in [-0.4, -0.2) is 7.05 Å². The minimum Gasteiger partial charge on any atom is -0.337 e. The van der Waals surface area contributed by atoms with Gasteiger partial charge in [-0.1, -0.05) is 28.1 Å². The fourth-order valence-corrected chi connectivity index (χ4v) is 2.18. The van der Waals surface area contributed by atoms with Crippen LogP contribution in [-0.2, 0) is 5.33 Å². The summed E-state index contributed by atoms with van der Waals surface area (Å²) in [5.41, 5.74) is 0.336. The summed E-state index contributed by atoms with van der Waals surface area (Å²) in [6.07, 6.45) is 0. The zero-order valence-electron chi connectivity index (χ0n) is 10.1. The minimum atomic E-state index is -0.722. The number of anilines is 2. The number of hydrogen-bond donors (Lipinski definition) is 0. The van der Waals surface area contributed by atoms with E-state index in [1.54, 1.807) is 6.07 Å². The maximum Gasteiger partial charge on any atom is 0.150 e. The predicted molar refractivity (Wildman–Crippen MR) is 73.5 cm³/mol. The highest BCUT2D eigenvalue weighted by atomic mass is 79.9. The third kappa shape index (κ3) is 2.76. The fraction of sp³-hybridized carbons (Fsp3) is 0.143. The Morgan fingerprint density at radius 1 is 1.00 bits per heavy atom. The summed E-state index contributed by atoms with van der Waals surface area (Å²) in [7, 11) is 1.42. The molecule has 100 valence electrons. The van der Waals surface area contributed by atoms with Crippen LogP contribution in [0.25, 0.3) is 0 Å². The van der Waals surface area contributed by atoms with Gasteiger partial charge >= 0.3 is 0 Å². The highest BCUT2D eigenvalue weighted by molar-refractivity contribution is 9.08. The number of benzene rings is 2. The van der Waals surface area contributed by atoms with Crippen molar-refractivity contribution in [3.05, 3.63) is 59.4 Å². The van der Waals surface area contributed by atoms with E-state index in [4.69, 9.17) is 0 Å². The molecule has 0 aliphatic rings. The van der Waals surface area contributed by atoms with Crippen molar-refractivity contribution < 1.29 is 13.2 Å². The lowest BCUT2D eigenvalue weighted by atomic mass is 10.1. The molecule has 0 fully saturated rings. The lowest BCUT2D eigenvalue weighted by Crippen LogP contribution is -2.15. The Kier molecular flexibility index (Phi) is 4.14. The molecule has 0 saturated heterocycles. The van der Waals surface area contributed by atoms with Crippen molar-refractivity contribution in [3.8, 4) is 0 Å². The number of hydrogen-bond acceptors (Lipinski definition) is 1. The molecule has 2 rings (SSSR count). The monoisotopic (exact) mass is 329 g/mol. The Morgan fingerprint density at radius 2 is 1.58 bits per heavy atom. The van der Waals surface area contributed by atoms with E-state index in [-0.39, 0.29) is 11.4 Å². The average molecular weight is 330 g/mol. The van der Waals surface area contributed by atoms with Gasteiger partial charge in [-0.05, 0) is 29.8 Å². The molecular weight excluding hydrogens is 319 g/mol. The number of halogens is 4. The molecule has 1 nitrogen and oxygen atoms in total. The van der Waals surface area contributed by atoms with Gasteiger partial charge in [-0.25, -0.2) is 13.2 Å². The van der Waals surface area contributed by atoms with E-state index >= 15 is 0 Å². The molecule has 0 heterocycles. The van der Waals surface area contributed by atoms with Gasteiger partial charge in [0.1, 0.15) is 23.1 Å². The van der Waals surface area contributed by atoms with Gasteiger partial charge in [0.25, 0.3) is 0 Å². The van der Waals surface area contributed by atoms with Crippen molar-refractivity contribution in [2.24, 2.45) is 0 Å². The standard InChI is InChI=1S/C14H11BrF3N/c1-19(13-5-3-2-4-10(13)16)14-11(17)6-9(8-15)7-12(14)18/h2-7H,8H2,1H3. The summed E-state index contributed by atoms with van der Waals surface area (Å²) < 4.78 is 41.5. The highest BCUT2D eigenvalue weighted by Crippen LogP contribution is 2.31.